The Labute approximate surface area is 185 Å². The first kappa shape index (κ1) is 23.2. The van der Waals surface area contributed by atoms with Gasteiger partial charge in [0.25, 0.3) is 0 Å². The third-order valence-corrected chi connectivity index (χ3v) is 7.02. The van der Waals surface area contributed by atoms with E-state index in [1.54, 1.807) is 7.11 Å². The molecule has 1 aromatic rings. The molecular formula is C27H44N2O. The third-order valence-electron chi connectivity index (χ3n) is 7.02. The van der Waals surface area contributed by atoms with Gasteiger partial charge in [-0.2, -0.15) is 0 Å². The molecule has 3 rings (SSSR count). The maximum absolute atomic E-state index is 5.44. The first-order valence-corrected chi connectivity index (χ1v) is 12.8. The summed E-state index contributed by atoms with van der Waals surface area (Å²) in [5, 5.41) is 3.75. The molecule has 1 aromatic carbocycles. The van der Waals surface area contributed by atoms with Crippen LogP contribution in [0.5, 0.6) is 5.75 Å². The van der Waals surface area contributed by atoms with Gasteiger partial charge in [-0.1, -0.05) is 84.0 Å². The van der Waals surface area contributed by atoms with Gasteiger partial charge in [0.05, 0.1) is 13.2 Å². The highest BCUT2D eigenvalue weighted by atomic mass is 16.5. The van der Waals surface area contributed by atoms with E-state index in [0.29, 0.717) is 12.0 Å². The molecule has 0 unspecified atom stereocenters. The number of nitrogens with zero attached hydrogens (tertiary/aromatic N) is 1. The van der Waals surface area contributed by atoms with Crippen LogP contribution in [0.1, 0.15) is 115 Å². The van der Waals surface area contributed by atoms with Crippen LogP contribution in [0, 0.1) is 0 Å². The van der Waals surface area contributed by atoms with E-state index in [1.165, 1.54) is 100 Å². The largest absolute Gasteiger partial charge is 0.497 e. The van der Waals surface area contributed by atoms with E-state index in [-0.39, 0.29) is 0 Å². The quantitative estimate of drug-likeness (QED) is 0.297. The van der Waals surface area contributed by atoms with Crippen LogP contribution < -0.4 is 10.1 Å². The molecule has 2 heterocycles. The van der Waals surface area contributed by atoms with Crippen molar-refractivity contribution in [3.8, 4) is 5.75 Å². The molecule has 0 saturated carbocycles. The molecule has 30 heavy (non-hydrogen) atoms. The minimum Gasteiger partial charge on any atom is -0.497 e. The van der Waals surface area contributed by atoms with E-state index in [9.17, 15) is 0 Å². The first-order chi connectivity index (χ1) is 14.8. The summed E-state index contributed by atoms with van der Waals surface area (Å²) in [5.74, 6) is 1.54. The van der Waals surface area contributed by atoms with Crippen molar-refractivity contribution < 1.29 is 4.74 Å². The van der Waals surface area contributed by atoms with Crippen molar-refractivity contribution in [3.63, 3.8) is 0 Å². The number of unbranched alkanes of at least 4 members (excludes halogenated alkanes) is 12. The number of nitrogens with one attached hydrogen (secondary N) is 1. The van der Waals surface area contributed by atoms with E-state index in [1.807, 2.05) is 0 Å². The molecule has 0 radical (unpaired) electrons. The lowest BCUT2D eigenvalue weighted by atomic mass is 9.85. The average Bonchev–Trinajstić information content (AvgIpc) is 3.15. The number of hydrogen-bond donors (Lipinski definition) is 1. The Hall–Kier alpha value is -1.51. The topological polar surface area (TPSA) is 33.6 Å². The summed E-state index contributed by atoms with van der Waals surface area (Å²) >= 11 is 0. The van der Waals surface area contributed by atoms with Gasteiger partial charge in [-0.05, 0) is 43.0 Å². The number of benzene rings is 1. The Balaban J connectivity index is 1.25. The second kappa shape index (κ2) is 13.0. The maximum atomic E-state index is 5.44. The molecule has 0 aromatic heterocycles. The second-order valence-corrected chi connectivity index (χ2v) is 9.34. The van der Waals surface area contributed by atoms with Gasteiger partial charge >= 0.3 is 0 Å². The Bertz CT molecular complexity index is 654. The standard InChI is InChI=1S/C27H44N2O/c1-3-4-5-6-7-8-9-10-11-12-13-14-15-16-26-27-23(19-20-28-26)24-21-22(30-2)17-18-25(24)29-27/h17-18,21,23,27,29H,3-16,19-20H2,1-2H3/t23-,27-/m0/s1. The number of ether oxygens (including phenoxy) is 1. The predicted octanol–water partition coefficient (Wildman–Crippen LogP) is 7.90. The molecule has 3 heteroatoms. The predicted molar refractivity (Wildman–Crippen MR) is 130 cm³/mol. The highest BCUT2D eigenvalue weighted by molar-refractivity contribution is 5.95. The highest BCUT2D eigenvalue weighted by Gasteiger charge is 2.37. The maximum Gasteiger partial charge on any atom is 0.119 e. The summed E-state index contributed by atoms with van der Waals surface area (Å²) in [6, 6.07) is 6.88. The van der Waals surface area contributed by atoms with E-state index < -0.39 is 0 Å². The smallest absolute Gasteiger partial charge is 0.119 e. The number of hydrogen-bond acceptors (Lipinski definition) is 3. The van der Waals surface area contributed by atoms with Crippen LogP contribution in [0.4, 0.5) is 5.69 Å². The summed E-state index contributed by atoms with van der Waals surface area (Å²) in [6.07, 6.45) is 20.7. The van der Waals surface area contributed by atoms with E-state index >= 15 is 0 Å². The summed E-state index contributed by atoms with van der Waals surface area (Å²) < 4.78 is 5.44. The van der Waals surface area contributed by atoms with Crippen molar-refractivity contribution in [2.75, 3.05) is 19.0 Å². The fraction of sp³-hybridized carbons (Fsp3) is 0.741. The Morgan fingerprint density at radius 3 is 2.17 bits per heavy atom. The minimum atomic E-state index is 0.415. The van der Waals surface area contributed by atoms with Gasteiger partial charge in [0, 0.05) is 23.9 Å². The Morgan fingerprint density at radius 2 is 1.53 bits per heavy atom. The van der Waals surface area contributed by atoms with Crippen molar-refractivity contribution in [3.05, 3.63) is 23.8 Å². The zero-order valence-corrected chi connectivity index (χ0v) is 19.6. The molecule has 3 nitrogen and oxygen atoms in total. The lowest BCUT2D eigenvalue weighted by molar-refractivity contribution is 0.414. The molecule has 2 atom stereocenters. The van der Waals surface area contributed by atoms with Gasteiger partial charge in [0.2, 0.25) is 0 Å². The van der Waals surface area contributed by atoms with Gasteiger partial charge < -0.3 is 10.1 Å². The molecule has 0 fully saturated rings. The molecule has 2 aliphatic heterocycles. The van der Waals surface area contributed by atoms with Crippen molar-refractivity contribution >= 4 is 11.4 Å². The number of aliphatic imine (C=N–C) groups is 1. The Kier molecular flexibility index (Phi) is 10.1. The highest BCUT2D eigenvalue weighted by Crippen LogP contribution is 2.42. The summed E-state index contributed by atoms with van der Waals surface area (Å²) in [7, 11) is 1.75. The van der Waals surface area contributed by atoms with Crippen molar-refractivity contribution in [2.24, 2.45) is 4.99 Å². The van der Waals surface area contributed by atoms with Crippen molar-refractivity contribution in [2.45, 2.75) is 115 Å². The number of anilines is 1. The summed E-state index contributed by atoms with van der Waals surface area (Å²) in [4.78, 5) is 4.91. The summed E-state index contributed by atoms with van der Waals surface area (Å²) in [6.45, 7) is 3.27. The molecule has 0 spiro atoms. The minimum absolute atomic E-state index is 0.415. The second-order valence-electron chi connectivity index (χ2n) is 9.34. The normalized spacial score (nSPS) is 19.7. The molecule has 0 amide bonds. The molecule has 0 saturated heterocycles. The fourth-order valence-electron chi connectivity index (χ4n) is 5.20. The van der Waals surface area contributed by atoms with Gasteiger partial charge in [0.15, 0.2) is 0 Å². The van der Waals surface area contributed by atoms with Crippen LogP contribution in [0.25, 0.3) is 0 Å². The first-order valence-electron chi connectivity index (χ1n) is 12.8. The van der Waals surface area contributed by atoms with Crippen LogP contribution in [-0.2, 0) is 0 Å². The SMILES string of the molecule is CCCCCCCCCCCCCCCC1=NCC[C@H]2c3cc(OC)ccc3N[C@H]12. The van der Waals surface area contributed by atoms with Gasteiger partial charge in [0.1, 0.15) is 5.75 Å². The van der Waals surface area contributed by atoms with E-state index in [2.05, 4.69) is 30.4 Å². The molecule has 0 bridgehead atoms. The number of methoxy groups -OCH3 is 1. The van der Waals surface area contributed by atoms with Crippen molar-refractivity contribution in [1.82, 2.24) is 0 Å². The Morgan fingerprint density at radius 1 is 0.900 bits per heavy atom. The number of fused-ring (bicyclic) bond motifs is 3. The molecule has 0 aliphatic carbocycles. The summed E-state index contributed by atoms with van der Waals surface area (Å²) in [5.41, 5.74) is 4.12. The lowest BCUT2D eigenvalue weighted by Crippen LogP contribution is -2.34. The van der Waals surface area contributed by atoms with Crippen LogP contribution in [0.2, 0.25) is 0 Å². The fourth-order valence-corrected chi connectivity index (χ4v) is 5.20. The zero-order valence-electron chi connectivity index (χ0n) is 19.6. The van der Waals surface area contributed by atoms with Crippen LogP contribution in [0.3, 0.4) is 0 Å². The van der Waals surface area contributed by atoms with Gasteiger partial charge in [-0.15, -0.1) is 0 Å². The molecular weight excluding hydrogens is 368 g/mol. The van der Waals surface area contributed by atoms with Gasteiger partial charge in [-0.25, -0.2) is 0 Å². The zero-order chi connectivity index (χ0) is 21.0. The molecule has 1 N–H and O–H groups in total. The van der Waals surface area contributed by atoms with E-state index in [0.717, 1.165) is 25.1 Å². The number of rotatable bonds is 15. The van der Waals surface area contributed by atoms with Crippen molar-refractivity contribution in [1.29, 1.82) is 0 Å². The third kappa shape index (κ3) is 6.75. The average molecular weight is 413 g/mol. The van der Waals surface area contributed by atoms with E-state index in [4.69, 9.17) is 9.73 Å². The van der Waals surface area contributed by atoms with Crippen LogP contribution in [0.15, 0.2) is 23.2 Å². The molecule has 2 aliphatic rings. The molecule has 168 valence electrons. The van der Waals surface area contributed by atoms with Gasteiger partial charge in [-0.3, -0.25) is 4.99 Å². The van der Waals surface area contributed by atoms with Crippen LogP contribution >= 0.6 is 0 Å². The van der Waals surface area contributed by atoms with Crippen LogP contribution in [-0.4, -0.2) is 25.4 Å². The lowest BCUT2D eigenvalue weighted by Gasteiger charge is -2.26. The monoisotopic (exact) mass is 412 g/mol.